The zero-order valence-corrected chi connectivity index (χ0v) is 11.8. The van der Waals surface area contributed by atoms with E-state index in [1.165, 1.54) is 0 Å². The summed E-state index contributed by atoms with van der Waals surface area (Å²) in [5.74, 6) is -0.819. The number of nitrogens with one attached hydrogen (secondary N) is 1. The third-order valence-corrected chi connectivity index (χ3v) is 3.24. The topological polar surface area (TPSA) is 81.4 Å². The summed E-state index contributed by atoms with van der Waals surface area (Å²) in [5.41, 5.74) is 9.28. The van der Waals surface area contributed by atoms with Crippen molar-refractivity contribution in [1.29, 1.82) is 0 Å². The lowest BCUT2D eigenvalue weighted by Crippen LogP contribution is -2.37. The van der Waals surface area contributed by atoms with Crippen LogP contribution in [0.2, 0.25) is 0 Å². The first-order valence-electron chi connectivity index (χ1n) is 6.09. The summed E-state index contributed by atoms with van der Waals surface area (Å²) in [6.07, 6.45) is 0.649. The second-order valence-corrected chi connectivity index (χ2v) is 4.51. The van der Waals surface area contributed by atoms with Crippen LogP contribution in [-0.2, 0) is 16.0 Å². The molecule has 3 N–H and O–H groups in total. The number of benzene rings is 1. The van der Waals surface area contributed by atoms with Crippen LogP contribution in [-0.4, -0.2) is 25.5 Å². The molecule has 5 nitrogen and oxygen atoms in total. The third-order valence-electron chi connectivity index (χ3n) is 3.24. The molecule has 1 aromatic rings. The van der Waals surface area contributed by atoms with Crippen LogP contribution in [0.15, 0.2) is 6.07 Å². The molecule has 0 atom stereocenters. The molecule has 0 aliphatic rings. The van der Waals surface area contributed by atoms with Gasteiger partial charge in [-0.25, -0.2) is 0 Å². The van der Waals surface area contributed by atoms with Crippen molar-refractivity contribution in [2.45, 2.75) is 27.2 Å². The van der Waals surface area contributed by atoms with E-state index >= 15 is 0 Å². The molecule has 2 amide bonds. The molecule has 0 unspecified atom stereocenters. The van der Waals surface area contributed by atoms with Gasteiger partial charge in [-0.3, -0.25) is 9.59 Å². The van der Waals surface area contributed by atoms with Crippen LogP contribution >= 0.6 is 0 Å². The number of methoxy groups -OCH3 is 1. The second-order valence-electron chi connectivity index (χ2n) is 4.51. The lowest BCUT2D eigenvalue weighted by Gasteiger charge is -2.15. The third kappa shape index (κ3) is 3.47. The monoisotopic (exact) mass is 264 g/mol. The van der Waals surface area contributed by atoms with E-state index in [2.05, 4.69) is 5.32 Å². The van der Waals surface area contributed by atoms with Crippen LogP contribution in [0.1, 0.15) is 22.3 Å². The van der Waals surface area contributed by atoms with Crippen molar-refractivity contribution in [3.8, 4) is 5.75 Å². The van der Waals surface area contributed by atoms with Gasteiger partial charge in [0.15, 0.2) is 0 Å². The molecule has 0 aromatic heterocycles. The first kappa shape index (κ1) is 15.0. The number of primary amides is 1. The highest BCUT2D eigenvalue weighted by Crippen LogP contribution is 2.28. The number of rotatable bonds is 4. The summed E-state index contributed by atoms with van der Waals surface area (Å²) in [7, 11) is 1.65. The summed E-state index contributed by atoms with van der Waals surface area (Å²) in [5, 5.41) is 2.48. The molecule has 5 heteroatoms. The fourth-order valence-corrected chi connectivity index (χ4v) is 2.11. The van der Waals surface area contributed by atoms with Gasteiger partial charge in [0.2, 0.25) is 0 Å². The Kier molecular flexibility index (Phi) is 4.92. The van der Waals surface area contributed by atoms with Gasteiger partial charge in [-0.1, -0.05) is 6.07 Å². The first-order chi connectivity index (χ1) is 8.88. The molecule has 1 rings (SSSR count). The molecule has 0 radical (unpaired) electrons. The highest BCUT2D eigenvalue weighted by atomic mass is 16.5. The van der Waals surface area contributed by atoms with Crippen molar-refractivity contribution in [2.75, 3.05) is 13.7 Å². The SMILES string of the molecule is COc1c(C)cc(CCNC(=O)C(N)=O)c(C)c1C. The van der Waals surface area contributed by atoms with Crippen molar-refractivity contribution < 1.29 is 14.3 Å². The van der Waals surface area contributed by atoms with Crippen molar-refractivity contribution in [2.24, 2.45) is 5.73 Å². The summed E-state index contributed by atoms with van der Waals surface area (Å²) in [6, 6.07) is 2.04. The fraction of sp³-hybridized carbons (Fsp3) is 0.429. The average molecular weight is 264 g/mol. The van der Waals surface area contributed by atoms with E-state index in [4.69, 9.17) is 10.5 Å². The minimum atomic E-state index is -0.959. The van der Waals surface area contributed by atoms with E-state index in [1.807, 2.05) is 26.8 Å². The molecule has 0 saturated carbocycles. The van der Waals surface area contributed by atoms with Crippen LogP contribution in [0, 0.1) is 20.8 Å². The van der Waals surface area contributed by atoms with Gasteiger partial charge in [0.05, 0.1) is 7.11 Å². The van der Waals surface area contributed by atoms with Crippen molar-refractivity contribution >= 4 is 11.8 Å². The molecule has 104 valence electrons. The van der Waals surface area contributed by atoms with Crippen molar-refractivity contribution in [3.05, 3.63) is 28.3 Å². The maximum absolute atomic E-state index is 11.0. The Morgan fingerprint density at radius 2 is 1.89 bits per heavy atom. The van der Waals surface area contributed by atoms with E-state index in [1.54, 1.807) is 7.11 Å². The van der Waals surface area contributed by atoms with Crippen LogP contribution in [0.5, 0.6) is 5.75 Å². The zero-order chi connectivity index (χ0) is 14.6. The van der Waals surface area contributed by atoms with E-state index in [0.29, 0.717) is 13.0 Å². The second kappa shape index (κ2) is 6.22. The Bertz CT molecular complexity index is 510. The molecule has 19 heavy (non-hydrogen) atoms. The summed E-state index contributed by atoms with van der Waals surface area (Å²) < 4.78 is 5.35. The number of nitrogens with two attached hydrogens (primary N) is 1. The Hall–Kier alpha value is -2.04. The number of hydrogen-bond donors (Lipinski definition) is 2. The number of hydrogen-bond acceptors (Lipinski definition) is 3. The van der Waals surface area contributed by atoms with E-state index in [-0.39, 0.29) is 0 Å². The Morgan fingerprint density at radius 3 is 2.42 bits per heavy atom. The average Bonchev–Trinajstić information content (AvgIpc) is 2.35. The normalized spacial score (nSPS) is 10.1. The standard InChI is InChI=1S/C14H20N2O3/c1-8-7-11(5-6-16-14(18)13(15)17)9(2)10(3)12(8)19-4/h7H,5-6H2,1-4H3,(H2,15,17)(H,16,18). The molecule has 0 saturated heterocycles. The molecular weight excluding hydrogens is 244 g/mol. The Balaban J connectivity index is 2.80. The molecule has 0 aliphatic heterocycles. The van der Waals surface area contributed by atoms with Crippen LogP contribution < -0.4 is 15.8 Å². The molecule has 0 fully saturated rings. The number of ether oxygens (including phenoxy) is 1. The Labute approximate surface area is 113 Å². The van der Waals surface area contributed by atoms with Gasteiger partial charge in [0.25, 0.3) is 0 Å². The van der Waals surface area contributed by atoms with Crippen LogP contribution in [0.4, 0.5) is 0 Å². The van der Waals surface area contributed by atoms with Gasteiger partial charge in [-0.2, -0.15) is 0 Å². The van der Waals surface area contributed by atoms with Crippen LogP contribution in [0.25, 0.3) is 0 Å². The zero-order valence-electron chi connectivity index (χ0n) is 11.8. The van der Waals surface area contributed by atoms with Gasteiger partial charge in [-0.15, -0.1) is 0 Å². The van der Waals surface area contributed by atoms with Gasteiger partial charge in [0, 0.05) is 6.54 Å². The molecular formula is C14H20N2O3. The minimum Gasteiger partial charge on any atom is -0.496 e. The summed E-state index contributed by atoms with van der Waals surface area (Å²) >= 11 is 0. The van der Waals surface area contributed by atoms with Crippen molar-refractivity contribution in [3.63, 3.8) is 0 Å². The van der Waals surface area contributed by atoms with Crippen molar-refractivity contribution in [1.82, 2.24) is 5.32 Å². The minimum absolute atomic E-state index is 0.383. The van der Waals surface area contributed by atoms with E-state index in [0.717, 1.165) is 28.0 Å². The number of carbonyl (C=O) groups excluding carboxylic acids is 2. The summed E-state index contributed by atoms with van der Waals surface area (Å²) in [6.45, 7) is 6.39. The van der Waals surface area contributed by atoms with Crippen LogP contribution in [0.3, 0.4) is 0 Å². The van der Waals surface area contributed by atoms with E-state index in [9.17, 15) is 9.59 Å². The lowest BCUT2D eigenvalue weighted by atomic mass is 9.96. The fourth-order valence-electron chi connectivity index (χ4n) is 2.11. The van der Waals surface area contributed by atoms with Gasteiger partial charge < -0.3 is 15.8 Å². The van der Waals surface area contributed by atoms with Gasteiger partial charge in [-0.05, 0) is 49.4 Å². The predicted molar refractivity (Wildman–Crippen MR) is 73.1 cm³/mol. The molecule has 0 spiro atoms. The first-order valence-corrected chi connectivity index (χ1v) is 6.09. The van der Waals surface area contributed by atoms with Gasteiger partial charge in [0.1, 0.15) is 5.75 Å². The Morgan fingerprint density at radius 1 is 1.26 bits per heavy atom. The molecule has 0 aliphatic carbocycles. The lowest BCUT2D eigenvalue weighted by molar-refractivity contribution is -0.137. The van der Waals surface area contributed by atoms with Gasteiger partial charge >= 0.3 is 11.8 Å². The number of aryl methyl sites for hydroxylation is 1. The number of carbonyl (C=O) groups is 2. The number of amides is 2. The largest absolute Gasteiger partial charge is 0.496 e. The summed E-state index contributed by atoms with van der Waals surface area (Å²) in [4.78, 5) is 21.6. The van der Waals surface area contributed by atoms with E-state index < -0.39 is 11.8 Å². The maximum Gasteiger partial charge on any atom is 0.309 e. The predicted octanol–water partition coefficient (Wildman–Crippen LogP) is 0.764. The molecule has 0 heterocycles. The maximum atomic E-state index is 11.0. The smallest absolute Gasteiger partial charge is 0.309 e. The molecule has 1 aromatic carbocycles. The highest BCUT2D eigenvalue weighted by Gasteiger charge is 2.11. The quantitative estimate of drug-likeness (QED) is 0.788. The molecule has 0 bridgehead atoms. The highest BCUT2D eigenvalue weighted by molar-refractivity contribution is 6.34.